The summed E-state index contributed by atoms with van der Waals surface area (Å²) in [5.74, 6) is 0.989. The van der Waals surface area contributed by atoms with Crippen molar-refractivity contribution in [3.05, 3.63) is 54.1 Å². The van der Waals surface area contributed by atoms with Gasteiger partial charge in [-0.2, -0.15) is 0 Å². The summed E-state index contributed by atoms with van der Waals surface area (Å²) in [5, 5.41) is 3.61. The van der Waals surface area contributed by atoms with E-state index in [9.17, 15) is 4.79 Å². The van der Waals surface area contributed by atoms with Crippen LogP contribution in [-0.4, -0.2) is 25.1 Å². The topological polar surface area (TPSA) is 67.6 Å². The number of carbonyl (C=O) groups excluding carboxylic acids is 1. The van der Waals surface area contributed by atoms with Gasteiger partial charge in [0.2, 0.25) is 5.91 Å². The largest absolute Gasteiger partial charge is 0.492 e. The minimum atomic E-state index is 0.155. The molecule has 2 atom stereocenters. The third-order valence-corrected chi connectivity index (χ3v) is 4.74. The lowest BCUT2D eigenvalue weighted by Crippen LogP contribution is -2.44. The fourth-order valence-electron chi connectivity index (χ4n) is 3.53. The van der Waals surface area contributed by atoms with Gasteiger partial charge in [0.15, 0.2) is 0 Å². The molecule has 0 spiro atoms. The first-order valence-electron chi connectivity index (χ1n) is 9.24. The van der Waals surface area contributed by atoms with Gasteiger partial charge in [0, 0.05) is 30.4 Å². The first-order chi connectivity index (χ1) is 12.6. The van der Waals surface area contributed by atoms with Crippen molar-refractivity contribution in [3.63, 3.8) is 0 Å². The van der Waals surface area contributed by atoms with Crippen molar-refractivity contribution in [2.45, 2.75) is 38.8 Å². The molecule has 0 aliphatic carbocycles. The molecule has 5 nitrogen and oxygen atoms in total. The molecule has 1 aliphatic heterocycles. The van der Waals surface area contributed by atoms with E-state index in [-0.39, 0.29) is 18.0 Å². The Morgan fingerprint density at radius 2 is 1.96 bits per heavy atom. The van der Waals surface area contributed by atoms with E-state index in [1.54, 1.807) is 0 Å². The standard InChI is InChI=1S/C21H27N3O2/c1-3-21(25)24-15(2)14-19(18-6-4-5-7-20(18)24)23-16-8-10-17(11-9-16)26-13-12-22/h4-11,15,19,23H,3,12-14,22H2,1-2H3/t15-,19+/m0/s1. The van der Waals surface area contributed by atoms with Gasteiger partial charge in [-0.1, -0.05) is 25.1 Å². The number of ether oxygens (including phenoxy) is 1. The van der Waals surface area contributed by atoms with Crippen LogP contribution in [0.1, 0.15) is 38.3 Å². The van der Waals surface area contributed by atoms with Crippen molar-refractivity contribution in [3.8, 4) is 5.75 Å². The molecule has 5 heteroatoms. The van der Waals surface area contributed by atoms with E-state index in [1.807, 2.05) is 54.3 Å². The zero-order chi connectivity index (χ0) is 18.5. The smallest absolute Gasteiger partial charge is 0.226 e. The molecule has 1 heterocycles. The van der Waals surface area contributed by atoms with E-state index in [0.29, 0.717) is 19.6 Å². The number of rotatable bonds is 6. The highest BCUT2D eigenvalue weighted by molar-refractivity contribution is 5.95. The lowest BCUT2D eigenvalue weighted by Gasteiger charge is -2.40. The normalized spacial score (nSPS) is 19.0. The molecule has 0 radical (unpaired) electrons. The third kappa shape index (κ3) is 3.83. The van der Waals surface area contributed by atoms with Gasteiger partial charge in [0.1, 0.15) is 12.4 Å². The van der Waals surface area contributed by atoms with Gasteiger partial charge < -0.3 is 20.7 Å². The van der Waals surface area contributed by atoms with Gasteiger partial charge in [-0.25, -0.2) is 0 Å². The van der Waals surface area contributed by atoms with Crippen LogP contribution in [0.3, 0.4) is 0 Å². The van der Waals surface area contributed by atoms with Crippen molar-refractivity contribution in [2.24, 2.45) is 5.73 Å². The van der Waals surface area contributed by atoms with Crippen LogP contribution < -0.4 is 20.7 Å². The quantitative estimate of drug-likeness (QED) is 0.831. The molecule has 1 aliphatic rings. The van der Waals surface area contributed by atoms with Crippen LogP contribution in [0.5, 0.6) is 5.75 Å². The molecular formula is C21H27N3O2. The number of carbonyl (C=O) groups is 1. The molecule has 2 aromatic carbocycles. The number of nitrogens with two attached hydrogens (primary N) is 1. The average Bonchev–Trinajstić information content (AvgIpc) is 2.67. The Kier molecular flexibility index (Phi) is 5.78. The third-order valence-electron chi connectivity index (χ3n) is 4.74. The monoisotopic (exact) mass is 353 g/mol. The van der Waals surface area contributed by atoms with Gasteiger partial charge in [-0.05, 0) is 49.2 Å². The molecule has 3 rings (SSSR count). The molecule has 0 aromatic heterocycles. The number of hydrogen-bond donors (Lipinski definition) is 2. The van der Waals surface area contributed by atoms with E-state index in [0.717, 1.165) is 29.1 Å². The highest BCUT2D eigenvalue weighted by atomic mass is 16.5. The highest BCUT2D eigenvalue weighted by Crippen LogP contribution is 2.39. The molecule has 3 N–H and O–H groups in total. The lowest BCUT2D eigenvalue weighted by atomic mass is 9.91. The SMILES string of the molecule is CCC(=O)N1c2ccccc2[C@H](Nc2ccc(OCCN)cc2)C[C@@H]1C. The fraction of sp³-hybridized carbons (Fsp3) is 0.381. The summed E-state index contributed by atoms with van der Waals surface area (Å²) in [6.07, 6.45) is 1.38. The average molecular weight is 353 g/mol. The molecule has 1 amide bonds. The number of amides is 1. The van der Waals surface area contributed by atoms with Crippen LogP contribution >= 0.6 is 0 Å². The fourth-order valence-corrected chi connectivity index (χ4v) is 3.53. The Bertz CT molecular complexity index is 745. The number of anilines is 2. The molecule has 0 saturated heterocycles. The maximum absolute atomic E-state index is 12.4. The Labute approximate surface area is 155 Å². The number of benzene rings is 2. The van der Waals surface area contributed by atoms with E-state index < -0.39 is 0 Å². The van der Waals surface area contributed by atoms with Crippen molar-refractivity contribution in [1.29, 1.82) is 0 Å². The predicted molar refractivity (Wildman–Crippen MR) is 106 cm³/mol. The van der Waals surface area contributed by atoms with E-state index in [2.05, 4.69) is 18.3 Å². The predicted octanol–water partition coefficient (Wildman–Crippen LogP) is 3.71. The molecule has 0 fully saturated rings. The Balaban J connectivity index is 1.81. The first kappa shape index (κ1) is 18.3. The summed E-state index contributed by atoms with van der Waals surface area (Å²) in [4.78, 5) is 14.4. The van der Waals surface area contributed by atoms with Gasteiger partial charge in [0.25, 0.3) is 0 Å². The number of para-hydroxylation sites is 1. The lowest BCUT2D eigenvalue weighted by molar-refractivity contribution is -0.118. The Morgan fingerprint density at radius 3 is 2.65 bits per heavy atom. The summed E-state index contributed by atoms with van der Waals surface area (Å²) < 4.78 is 5.53. The maximum Gasteiger partial charge on any atom is 0.226 e. The number of hydrogen-bond acceptors (Lipinski definition) is 4. The molecule has 0 bridgehead atoms. The van der Waals surface area contributed by atoms with Gasteiger partial charge in [0.05, 0.1) is 6.04 Å². The zero-order valence-corrected chi connectivity index (χ0v) is 15.4. The van der Waals surface area contributed by atoms with Crippen molar-refractivity contribution in [2.75, 3.05) is 23.4 Å². The van der Waals surface area contributed by atoms with Gasteiger partial charge in [-0.3, -0.25) is 4.79 Å². The molecule has 0 saturated carbocycles. The Hall–Kier alpha value is -2.53. The van der Waals surface area contributed by atoms with Crippen molar-refractivity contribution < 1.29 is 9.53 Å². The van der Waals surface area contributed by atoms with E-state index in [1.165, 1.54) is 0 Å². The summed E-state index contributed by atoms with van der Waals surface area (Å²) >= 11 is 0. The molecule has 0 unspecified atom stereocenters. The number of fused-ring (bicyclic) bond motifs is 1. The molecule has 138 valence electrons. The summed E-state index contributed by atoms with van der Waals surface area (Å²) in [6.45, 7) is 5.05. The maximum atomic E-state index is 12.4. The first-order valence-corrected chi connectivity index (χ1v) is 9.24. The molecule has 26 heavy (non-hydrogen) atoms. The van der Waals surface area contributed by atoms with Crippen LogP contribution in [0.15, 0.2) is 48.5 Å². The Morgan fingerprint density at radius 1 is 1.23 bits per heavy atom. The van der Waals surface area contributed by atoms with Crippen LogP contribution in [0.4, 0.5) is 11.4 Å². The minimum absolute atomic E-state index is 0.155. The number of nitrogens with zero attached hydrogens (tertiary/aromatic N) is 1. The van der Waals surface area contributed by atoms with Crippen LogP contribution in [0.25, 0.3) is 0 Å². The zero-order valence-electron chi connectivity index (χ0n) is 15.4. The van der Waals surface area contributed by atoms with Crippen LogP contribution in [-0.2, 0) is 4.79 Å². The van der Waals surface area contributed by atoms with Crippen LogP contribution in [0, 0.1) is 0 Å². The van der Waals surface area contributed by atoms with E-state index in [4.69, 9.17) is 10.5 Å². The van der Waals surface area contributed by atoms with Gasteiger partial charge >= 0.3 is 0 Å². The second-order valence-corrected chi connectivity index (χ2v) is 6.62. The highest BCUT2D eigenvalue weighted by Gasteiger charge is 2.32. The summed E-state index contributed by atoms with van der Waals surface area (Å²) in [5.41, 5.74) is 8.68. The summed E-state index contributed by atoms with van der Waals surface area (Å²) in [6, 6.07) is 16.4. The van der Waals surface area contributed by atoms with Crippen molar-refractivity contribution >= 4 is 17.3 Å². The van der Waals surface area contributed by atoms with Crippen LogP contribution in [0.2, 0.25) is 0 Å². The molecule has 2 aromatic rings. The number of nitrogens with one attached hydrogen (secondary N) is 1. The molecular weight excluding hydrogens is 326 g/mol. The van der Waals surface area contributed by atoms with E-state index >= 15 is 0 Å². The van der Waals surface area contributed by atoms with Crippen molar-refractivity contribution in [1.82, 2.24) is 0 Å². The second-order valence-electron chi connectivity index (χ2n) is 6.62. The van der Waals surface area contributed by atoms with Gasteiger partial charge in [-0.15, -0.1) is 0 Å². The second kappa shape index (κ2) is 8.23. The summed E-state index contributed by atoms with van der Waals surface area (Å²) in [7, 11) is 0. The minimum Gasteiger partial charge on any atom is -0.492 e.